The Bertz CT molecular complexity index is 1160. The third-order valence-corrected chi connectivity index (χ3v) is 7.22. The number of benzene rings is 2. The van der Waals surface area contributed by atoms with Crippen LogP contribution in [0, 0.1) is 11.3 Å². The zero-order chi connectivity index (χ0) is 29.2. The molecule has 0 radical (unpaired) electrons. The molecule has 1 aliphatic carbocycles. The van der Waals surface area contributed by atoms with E-state index in [1.54, 1.807) is 0 Å². The first-order valence-corrected chi connectivity index (χ1v) is 12.5. The number of carbonyl (C=O) groups excluding carboxylic acids is 2. The molecule has 0 aliphatic heterocycles. The first-order valence-electron chi connectivity index (χ1n) is 12.5. The van der Waals surface area contributed by atoms with Gasteiger partial charge < -0.3 is 15.4 Å². The molecule has 0 spiro atoms. The summed E-state index contributed by atoms with van der Waals surface area (Å²) < 4.78 is 87.8. The molecule has 2 N–H and O–H groups in total. The number of amides is 2. The van der Waals surface area contributed by atoms with Crippen LogP contribution in [0.3, 0.4) is 0 Å². The highest BCUT2D eigenvalue weighted by atomic mass is 19.4. The zero-order valence-corrected chi connectivity index (χ0v) is 22.1. The quantitative estimate of drug-likeness (QED) is 0.295. The first kappa shape index (κ1) is 30.3. The van der Waals surface area contributed by atoms with Crippen LogP contribution in [0.5, 0.6) is 0 Å². The van der Waals surface area contributed by atoms with E-state index in [-0.39, 0.29) is 22.6 Å². The molecule has 1 saturated carbocycles. The highest BCUT2D eigenvalue weighted by Crippen LogP contribution is 2.44. The largest absolute Gasteiger partial charge is 0.465 e. The van der Waals surface area contributed by atoms with Gasteiger partial charge in [-0.2, -0.15) is 26.3 Å². The van der Waals surface area contributed by atoms with E-state index in [0.717, 1.165) is 32.1 Å². The zero-order valence-electron chi connectivity index (χ0n) is 22.1. The molecule has 2 aromatic rings. The van der Waals surface area contributed by atoms with E-state index in [1.165, 1.54) is 24.3 Å². The van der Waals surface area contributed by atoms with Crippen molar-refractivity contribution in [3.8, 4) is 0 Å². The Morgan fingerprint density at radius 2 is 1.46 bits per heavy atom. The number of rotatable bonds is 5. The minimum atomic E-state index is -5.37. The van der Waals surface area contributed by atoms with Gasteiger partial charge in [0.1, 0.15) is 0 Å². The number of hydrogen-bond donors (Lipinski definition) is 2. The van der Waals surface area contributed by atoms with Gasteiger partial charge in [0.2, 0.25) is 0 Å². The monoisotopic (exact) mass is 558 g/mol. The minimum absolute atomic E-state index is 0.0547. The molecule has 0 aromatic heterocycles. The van der Waals surface area contributed by atoms with E-state index in [2.05, 4.69) is 36.1 Å². The van der Waals surface area contributed by atoms with Gasteiger partial charge in [-0.3, -0.25) is 0 Å². The first-order chi connectivity index (χ1) is 18.0. The van der Waals surface area contributed by atoms with Crippen LogP contribution < -0.4 is 10.6 Å². The third kappa shape index (κ3) is 7.45. The van der Waals surface area contributed by atoms with Crippen molar-refractivity contribution in [2.24, 2.45) is 11.3 Å². The molecule has 2 amide bonds. The van der Waals surface area contributed by atoms with Crippen LogP contribution in [-0.2, 0) is 17.1 Å². The Labute approximate surface area is 223 Å². The van der Waals surface area contributed by atoms with E-state index in [4.69, 9.17) is 0 Å². The van der Waals surface area contributed by atoms with E-state index in [9.17, 15) is 35.9 Å². The lowest BCUT2D eigenvalue weighted by Gasteiger charge is -2.37. The fourth-order valence-corrected chi connectivity index (χ4v) is 5.10. The SMILES string of the molecule is COC(=O)c1ccc(C(NC(=O)NC2CCC(C(C)(C)C)CC2)c2cccc(C(F)(F)F)c2C(F)(F)F)cc1. The van der Waals surface area contributed by atoms with Crippen molar-refractivity contribution in [2.75, 3.05) is 7.11 Å². The molecule has 1 fully saturated rings. The molecule has 1 atom stereocenters. The Morgan fingerprint density at radius 1 is 0.872 bits per heavy atom. The van der Waals surface area contributed by atoms with Crippen molar-refractivity contribution < 1.29 is 40.7 Å². The number of alkyl halides is 6. The maximum absolute atomic E-state index is 14.1. The number of urea groups is 1. The van der Waals surface area contributed by atoms with E-state index >= 15 is 0 Å². The van der Waals surface area contributed by atoms with Crippen LogP contribution in [0.25, 0.3) is 0 Å². The van der Waals surface area contributed by atoms with Crippen LogP contribution in [0.1, 0.15) is 85.1 Å². The molecule has 5 nitrogen and oxygen atoms in total. The Kier molecular flexibility index (Phi) is 8.92. The van der Waals surface area contributed by atoms with Gasteiger partial charge in [-0.15, -0.1) is 0 Å². The van der Waals surface area contributed by atoms with Gasteiger partial charge in [0, 0.05) is 6.04 Å². The molecule has 214 valence electrons. The summed E-state index contributed by atoms with van der Waals surface area (Å²) in [6, 6.07) is 4.58. The van der Waals surface area contributed by atoms with Gasteiger partial charge >= 0.3 is 24.4 Å². The number of ether oxygens (including phenoxy) is 1. The van der Waals surface area contributed by atoms with E-state index in [1.807, 2.05) is 0 Å². The molecule has 39 heavy (non-hydrogen) atoms. The average molecular weight is 559 g/mol. The molecule has 11 heteroatoms. The smallest absolute Gasteiger partial charge is 0.417 e. The van der Waals surface area contributed by atoms with Crippen molar-refractivity contribution in [3.63, 3.8) is 0 Å². The molecule has 2 aromatic carbocycles. The average Bonchev–Trinajstić information content (AvgIpc) is 2.85. The van der Waals surface area contributed by atoms with Crippen molar-refractivity contribution in [1.29, 1.82) is 0 Å². The van der Waals surface area contributed by atoms with E-state index < -0.39 is 47.1 Å². The lowest BCUT2D eigenvalue weighted by Crippen LogP contribution is -2.46. The number of halogens is 6. The van der Waals surface area contributed by atoms with Crippen LogP contribution in [0.2, 0.25) is 0 Å². The summed E-state index contributed by atoms with van der Waals surface area (Å²) in [4.78, 5) is 24.8. The number of carbonyl (C=O) groups is 2. The van der Waals surface area contributed by atoms with Gasteiger partial charge in [0.05, 0.1) is 29.8 Å². The lowest BCUT2D eigenvalue weighted by atomic mass is 9.71. The van der Waals surface area contributed by atoms with Gasteiger partial charge in [-0.1, -0.05) is 45.0 Å². The second-order valence-corrected chi connectivity index (χ2v) is 10.8. The predicted molar refractivity (Wildman–Crippen MR) is 133 cm³/mol. The Balaban J connectivity index is 1.98. The highest BCUT2D eigenvalue weighted by molar-refractivity contribution is 5.89. The number of hydrogen-bond acceptors (Lipinski definition) is 3. The van der Waals surface area contributed by atoms with Crippen LogP contribution in [0.15, 0.2) is 42.5 Å². The van der Waals surface area contributed by atoms with E-state index in [0.29, 0.717) is 24.8 Å². The maximum Gasteiger partial charge on any atom is 0.417 e. The highest BCUT2D eigenvalue weighted by Gasteiger charge is 2.46. The summed E-state index contributed by atoms with van der Waals surface area (Å²) in [5.41, 5.74) is -4.27. The number of esters is 1. The van der Waals surface area contributed by atoms with Crippen molar-refractivity contribution in [3.05, 3.63) is 70.3 Å². The lowest BCUT2D eigenvalue weighted by molar-refractivity contribution is -0.162. The predicted octanol–water partition coefficient (Wildman–Crippen LogP) is 7.50. The van der Waals surface area contributed by atoms with Gasteiger partial charge in [0.25, 0.3) is 0 Å². The van der Waals surface area contributed by atoms with Gasteiger partial charge in [0.15, 0.2) is 0 Å². The summed E-state index contributed by atoms with van der Waals surface area (Å²) in [6.45, 7) is 6.42. The van der Waals surface area contributed by atoms with Crippen molar-refractivity contribution >= 4 is 12.0 Å². The Morgan fingerprint density at radius 3 is 1.95 bits per heavy atom. The standard InChI is InChI=1S/C28H32F6N2O3/c1-26(2,3)18-12-14-19(15-13-18)35-25(38)36-23(16-8-10-17(11-9-16)24(37)39-4)20-6-5-7-21(27(29,30)31)22(20)28(32,33)34/h5-11,18-19,23H,12-15H2,1-4H3,(H2,35,36,38). The fourth-order valence-electron chi connectivity index (χ4n) is 5.10. The second kappa shape index (κ2) is 11.5. The molecule has 0 heterocycles. The van der Waals surface area contributed by atoms with Crippen LogP contribution >= 0.6 is 0 Å². The van der Waals surface area contributed by atoms with Crippen LogP contribution in [-0.4, -0.2) is 25.2 Å². The molecule has 1 aliphatic rings. The second-order valence-electron chi connectivity index (χ2n) is 10.8. The molecule has 1 unspecified atom stereocenters. The molecule has 0 bridgehead atoms. The summed E-state index contributed by atoms with van der Waals surface area (Å²) in [6.07, 6.45) is -7.59. The van der Waals surface area contributed by atoms with Gasteiger partial charge in [-0.05, 0) is 66.3 Å². The Hall–Kier alpha value is -3.24. The topological polar surface area (TPSA) is 67.4 Å². The molecule has 3 rings (SSSR count). The minimum Gasteiger partial charge on any atom is -0.465 e. The van der Waals surface area contributed by atoms with Crippen LogP contribution in [0.4, 0.5) is 31.1 Å². The van der Waals surface area contributed by atoms with Crippen molar-refractivity contribution in [1.82, 2.24) is 10.6 Å². The maximum atomic E-state index is 14.1. The third-order valence-electron chi connectivity index (χ3n) is 7.22. The molecular weight excluding hydrogens is 526 g/mol. The number of nitrogens with one attached hydrogen (secondary N) is 2. The fraction of sp³-hybridized carbons (Fsp3) is 0.500. The van der Waals surface area contributed by atoms with Crippen molar-refractivity contribution in [2.45, 2.75) is 70.9 Å². The molecule has 0 saturated heterocycles. The van der Waals surface area contributed by atoms with Gasteiger partial charge in [-0.25, -0.2) is 9.59 Å². The summed E-state index contributed by atoms with van der Waals surface area (Å²) >= 11 is 0. The normalized spacial score (nSPS) is 19.2. The summed E-state index contributed by atoms with van der Waals surface area (Å²) in [5.74, 6) is -0.246. The summed E-state index contributed by atoms with van der Waals surface area (Å²) in [5, 5.41) is 5.23. The molecular formula is C28H32F6N2O3. The number of methoxy groups -OCH3 is 1. The summed E-state index contributed by atoms with van der Waals surface area (Å²) in [7, 11) is 1.15.